The molecule has 0 bridgehead atoms. The smallest absolute Gasteiger partial charge is 0.467 e. The molecule has 0 fully saturated rings. The Morgan fingerprint density at radius 3 is 2.50 bits per heavy atom. The van der Waals surface area contributed by atoms with Crippen molar-refractivity contribution in [1.82, 2.24) is 5.32 Å². The third-order valence-electron chi connectivity index (χ3n) is 2.91. The molecule has 1 aromatic carbocycles. The molecule has 6 nitrogen and oxygen atoms in total. The number of hydrogen-bond acceptors (Lipinski definition) is 5. The van der Waals surface area contributed by atoms with Crippen molar-refractivity contribution < 1.29 is 36.7 Å². The number of nitrogens with one attached hydrogen (secondary N) is 1. The molecule has 9 heteroatoms. The lowest BCUT2D eigenvalue weighted by atomic mass is 10.2. The van der Waals surface area contributed by atoms with E-state index < -0.39 is 24.8 Å². The number of carbonyl (C=O) groups is 2. The highest BCUT2D eigenvalue weighted by Gasteiger charge is 2.30. The summed E-state index contributed by atoms with van der Waals surface area (Å²) in [6.45, 7) is -0.298. The SMILES string of the molecule is O=C(COC(=O)/C=C/c1ccc(OC(F)(F)F)cc1)NCc1ccco1. The zero-order valence-corrected chi connectivity index (χ0v) is 13.3. The van der Waals surface area contributed by atoms with Crippen LogP contribution in [0.5, 0.6) is 5.75 Å². The second kappa shape index (κ2) is 8.75. The van der Waals surface area contributed by atoms with Crippen LogP contribution >= 0.6 is 0 Å². The van der Waals surface area contributed by atoms with Gasteiger partial charge in [-0.2, -0.15) is 0 Å². The van der Waals surface area contributed by atoms with Crippen LogP contribution in [-0.2, 0) is 20.9 Å². The highest BCUT2D eigenvalue weighted by molar-refractivity contribution is 5.89. The minimum atomic E-state index is -4.77. The predicted octanol–water partition coefficient (Wildman–Crippen LogP) is 3.05. The van der Waals surface area contributed by atoms with E-state index in [4.69, 9.17) is 9.15 Å². The van der Waals surface area contributed by atoms with E-state index in [2.05, 4.69) is 10.1 Å². The second-order valence-corrected chi connectivity index (χ2v) is 4.91. The Bertz CT molecular complexity index is 752. The summed E-state index contributed by atoms with van der Waals surface area (Å²) in [4.78, 5) is 23.0. The third-order valence-corrected chi connectivity index (χ3v) is 2.91. The molecule has 2 rings (SSSR count). The number of amides is 1. The molecule has 0 radical (unpaired) electrons. The number of carbonyl (C=O) groups excluding carboxylic acids is 2. The van der Waals surface area contributed by atoms with Gasteiger partial charge in [-0.25, -0.2) is 4.79 Å². The van der Waals surface area contributed by atoms with Crippen LogP contribution in [0.15, 0.2) is 53.2 Å². The third kappa shape index (κ3) is 7.12. The summed E-state index contributed by atoms with van der Waals surface area (Å²) >= 11 is 0. The molecule has 0 aliphatic carbocycles. The van der Waals surface area contributed by atoms with Gasteiger partial charge in [0.25, 0.3) is 5.91 Å². The van der Waals surface area contributed by atoms with Crippen LogP contribution in [-0.4, -0.2) is 24.8 Å². The molecule has 0 unspecified atom stereocenters. The van der Waals surface area contributed by atoms with Crippen molar-refractivity contribution in [3.63, 3.8) is 0 Å². The highest BCUT2D eigenvalue weighted by Crippen LogP contribution is 2.22. The fraction of sp³-hybridized carbons (Fsp3) is 0.176. The molecule has 0 aliphatic rings. The van der Waals surface area contributed by atoms with Gasteiger partial charge in [-0.1, -0.05) is 12.1 Å². The molecule has 2 aromatic rings. The van der Waals surface area contributed by atoms with Gasteiger partial charge in [-0.15, -0.1) is 13.2 Å². The minimum Gasteiger partial charge on any atom is -0.467 e. The van der Waals surface area contributed by atoms with E-state index in [1.807, 2.05) is 0 Å². The first-order chi connectivity index (χ1) is 12.3. The Labute approximate surface area is 146 Å². The number of ether oxygens (including phenoxy) is 2. The highest BCUT2D eigenvalue weighted by atomic mass is 19.4. The van der Waals surface area contributed by atoms with Gasteiger partial charge in [0.15, 0.2) is 6.61 Å². The number of rotatable bonds is 7. The average molecular weight is 369 g/mol. The summed E-state index contributed by atoms with van der Waals surface area (Å²) in [5.74, 6) is -1.08. The molecule has 0 atom stereocenters. The van der Waals surface area contributed by atoms with Gasteiger partial charge in [0, 0.05) is 6.08 Å². The van der Waals surface area contributed by atoms with E-state index in [0.29, 0.717) is 11.3 Å². The first kappa shape index (κ1) is 19.1. The van der Waals surface area contributed by atoms with Crippen molar-refractivity contribution in [2.45, 2.75) is 12.9 Å². The van der Waals surface area contributed by atoms with Crippen molar-refractivity contribution in [3.8, 4) is 5.75 Å². The predicted molar refractivity (Wildman–Crippen MR) is 83.7 cm³/mol. The lowest BCUT2D eigenvalue weighted by molar-refractivity contribution is -0.274. The van der Waals surface area contributed by atoms with Crippen molar-refractivity contribution >= 4 is 18.0 Å². The van der Waals surface area contributed by atoms with Gasteiger partial charge < -0.3 is 19.2 Å². The fourth-order valence-corrected chi connectivity index (χ4v) is 1.78. The molecular weight excluding hydrogens is 355 g/mol. The first-order valence-corrected chi connectivity index (χ1v) is 7.31. The molecule has 0 saturated carbocycles. The molecule has 1 N–H and O–H groups in total. The Morgan fingerprint density at radius 2 is 1.88 bits per heavy atom. The Morgan fingerprint density at radius 1 is 1.15 bits per heavy atom. The summed E-state index contributed by atoms with van der Waals surface area (Å²) in [5.41, 5.74) is 0.457. The maximum absolute atomic E-state index is 12.0. The van der Waals surface area contributed by atoms with Crippen molar-refractivity contribution in [2.75, 3.05) is 6.61 Å². The Balaban J connectivity index is 1.73. The largest absolute Gasteiger partial charge is 0.573 e. The van der Waals surface area contributed by atoms with Crippen LogP contribution in [0.1, 0.15) is 11.3 Å². The molecule has 0 saturated heterocycles. The molecule has 138 valence electrons. The number of benzene rings is 1. The normalized spacial score (nSPS) is 11.3. The summed E-state index contributed by atoms with van der Waals surface area (Å²) < 4.78 is 49.6. The number of halogens is 3. The number of alkyl halides is 3. The van der Waals surface area contributed by atoms with Gasteiger partial charge in [-0.05, 0) is 35.9 Å². The summed E-state index contributed by atoms with van der Waals surface area (Å²) in [6, 6.07) is 8.25. The van der Waals surface area contributed by atoms with Crippen molar-refractivity contribution in [2.24, 2.45) is 0 Å². The Kier molecular flexibility index (Phi) is 6.42. The molecule has 26 heavy (non-hydrogen) atoms. The number of furan rings is 1. The zero-order valence-electron chi connectivity index (χ0n) is 13.3. The molecule has 1 heterocycles. The quantitative estimate of drug-likeness (QED) is 0.600. The zero-order chi connectivity index (χ0) is 19.0. The van der Waals surface area contributed by atoms with E-state index in [1.54, 1.807) is 12.1 Å². The lowest BCUT2D eigenvalue weighted by Gasteiger charge is -2.08. The first-order valence-electron chi connectivity index (χ1n) is 7.31. The number of hydrogen-bond donors (Lipinski definition) is 1. The van der Waals surface area contributed by atoms with Crippen LogP contribution < -0.4 is 10.1 Å². The van der Waals surface area contributed by atoms with Gasteiger partial charge >= 0.3 is 12.3 Å². The molecule has 0 spiro atoms. The van der Waals surface area contributed by atoms with E-state index in [9.17, 15) is 22.8 Å². The van der Waals surface area contributed by atoms with Gasteiger partial charge in [0.1, 0.15) is 11.5 Å². The van der Waals surface area contributed by atoms with Crippen molar-refractivity contribution in [3.05, 3.63) is 60.1 Å². The maximum atomic E-state index is 12.0. The monoisotopic (exact) mass is 369 g/mol. The topological polar surface area (TPSA) is 77.8 Å². The van der Waals surface area contributed by atoms with E-state index in [0.717, 1.165) is 18.2 Å². The molecule has 1 amide bonds. The van der Waals surface area contributed by atoms with E-state index in [1.165, 1.54) is 24.5 Å². The van der Waals surface area contributed by atoms with Crippen LogP contribution in [0.2, 0.25) is 0 Å². The average Bonchev–Trinajstić information content (AvgIpc) is 3.09. The second-order valence-electron chi connectivity index (χ2n) is 4.91. The number of esters is 1. The molecular formula is C17H14F3NO5. The lowest BCUT2D eigenvalue weighted by Crippen LogP contribution is -2.27. The summed E-state index contributed by atoms with van der Waals surface area (Å²) in [5, 5.41) is 2.50. The van der Waals surface area contributed by atoms with Crippen LogP contribution in [0.3, 0.4) is 0 Å². The van der Waals surface area contributed by atoms with Crippen molar-refractivity contribution in [1.29, 1.82) is 0 Å². The Hall–Kier alpha value is -3.23. The van der Waals surface area contributed by atoms with Gasteiger partial charge in [-0.3, -0.25) is 4.79 Å². The van der Waals surface area contributed by atoms with E-state index in [-0.39, 0.29) is 12.3 Å². The van der Waals surface area contributed by atoms with E-state index >= 15 is 0 Å². The van der Waals surface area contributed by atoms with Crippen LogP contribution in [0.25, 0.3) is 6.08 Å². The maximum Gasteiger partial charge on any atom is 0.573 e. The standard InChI is InChI=1S/C17H14F3NO5/c18-17(19,20)26-13-6-3-12(4-7-13)5-8-16(23)25-11-15(22)21-10-14-2-1-9-24-14/h1-9H,10-11H2,(H,21,22)/b8-5+. The molecule has 1 aromatic heterocycles. The van der Waals surface area contributed by atoms with Crippen LogP contribution in [0, 0.1) is 0 Å². The minimum absolute atomic E-state index is 0.172. The summed E-state index contributed by atoms with van der Waals surface area (Å²) in [6.07, 6.45) is -0.910. The molecule has 0 aliphatic heterocycles. The van der Waals surface area contributed by atoms with Gasteiger partial charge in [0.2, 0.25) is 0 Å². The van der Waals surface area contributed by atoms with Gasteiger partial charge in [0.05, 0.1) is 12.8 Å². The fourth-order valence-electron chi connectivity index (χ4n) is 1.78. The van der Waals surface area contributed by atoms with Crippen LogP contribution in [0.4, 0.5) is 13.2 Å². The summed E-state index contributed by atoms with van der Waals surface area (Å²) in [7, 11) is 0.